The van der Waals surface area contributed by atoms with Crippen molar-refractivity contribution in [2.45, 2.75) is 13.8 Å². The zero-order valence-corrected chi connectivity index (χ0v) is 12.1. The number of benzene rings is 2. The van der Waals surface area contributed by atoms with Gasteiger partial charge in [-0.1, -0.05) is 23.7 Å². The molecule has 0 saturated heterocycles. The third-order valence-electron chi connectivity index (χ3n) is 3.02. The van der Waals surface area contributed by atoms with Gasteiger partial charge in [0.15, 0.2) is 0 Å². The summed E-state index contributed by atoms with van der Waals surface area (Å²) >= 11 is 7.58. The van der Waals surface area contributed by atoms with E-state index in [2.05, 4.69) is 4.98 Å². The third kappa shape index (κ3) is 2.13. The second-order valence-electron chi connectivity index (χ2n) is 4.47. The first kappa shape index (κ1) is 12.6. The van der Waals surface area contributed by atoms with Crippen LogP contribution in [-0.4, -0.2) is 4.98 Å². The van der Waals surface area contributed by atoms with E-state index in [-0.39, 0.29) is 5.82 Å². The van der Waals surface area contributed by atoms with Crippen molar-refractivity contribution in [1.82, 2.24) is 4.98 Å². The fourth-order valence-electron chi connectivity index (χ4n) is 2.19. The molecule has 0 saturated carbocycles. The Balaban J connectivity index is 2.41. The molecule has 1 nitrogen and oxygen atoms in total. The van der Waals surface area contributed by atoms with Crippen molar-refractivity contribution in [3.8, 4) is 11.1 Å². The summed E-state index contributed by atoms with van der Waals surface area (Å²) in [5.41, 5.74) is 2.66. The second kappa shape index (κ2) is 4.58. The van der Waals surface area contributed by atoms with Crippen LogP contribution in [0.4, 0.5) is 4.39 Å². The number of aromatic nitrogens is 1. The van der Waals surface area contributed by atoms with Crippen LogP contribution in [0.1, 0.15) is 10.6 Å². The first-order chi connectivity index (χ1) is 9.06. The summed E-state index contributed by atoms with van der Waals surface area (Å²) in [6, 6.07) is 9.08. The minimum atomic E-state index is -0.222. The minimum absolute atomic E-state index is 0.222. The lowest BCUT2D eigenvalue weighted by atomic mass is 10.0. The lowest BCUT2D eigenvalue weighted by Gasteiger charge is -2.07. The molecule has 0 aliphatic rings. The van der Waals surface area contributed by atoms with Crippen molar-refractivity contribution in [1.29, 1.82) is 0 Å². The van der Waals surface area contributed by atoms with Gasteiger partial charge < -0.3 is 0 Å². The van der Waals surface area contributed by atoms with Crippen LogP contribution in [0, 0.1) is 19.7 Å². The molecule has 2 aromatic carbocycles. The molecule has 1 heterocycles. The summed E-state index contributed by atoms with van der Waals surface area (Å²) in [6.45, 7) is 3.71. The minimum Gasteiger partial charge on any atom is -0.241 e. The summed E-state index contributed by atoms with van der Waals surface area (Å²) in [5, 5.41) is 1.53. The van der Waals surface area contributed by atoms with Crippen LogP contribution >= 0.6 is 22.9 Å². The Morgan fingerprint density at radius 2 is 2.00 bits per heavy atom. The number of rotatable bonds is 1. The van der Waals surface area contributed by atoms with E-state index >= 15 is 0 Å². The van der Waals surface area contributed by atoms with Gasteiger partial charge >= 0.3 is 0 Å². The first-order valence-corrected chi connectivity index (χ1v) is 7.08. The fraction of sp³-hybridized carbons (Fsp3) is 0.133. The van der Waals surface area contributed by atoms with Gasteiger partial charge in [-0.3, -0.25) is 0 Å². The predicted octanol–water partition coefficient (Wildman–Crippen LogP) is 5.37. The summed E-state index contributed by atoms with van der Waals surface area (Å²) in [7, 11) is 0. The van der Waals surface area contributed by atoms with Crippen molar-refractivity contribution in [3.05, 3.63) is 51.7 Å². The number of fused-ring (bicyclic) bond motifs is 1. The average molecular weight is 292 g/mol. The summed E-state index contributed by atoms with van der Waals surface area (Å²) in [5.74, 6) is -0.222. The monoisotopic (exact) mass is 291 g/mol. The van der Waals surface area contributed by atoms with E-state index in [9.17, 15) is 4.39 Å². The van der Waals surface area contributed by atoms with Crippen LogP contribution in [0.15, 0.2) is 30.3 Å². The zero-order chi connectivity index (χ0) is 13.6. The van der Waals surface area contributed by atoms with Crippen molar-refractivity contribution in [2.75, 3.05) is 0 Å². The molecule has 0 amide bonds. The van der Waals surface area contributed by atoms with E-state index in [0.717, 1.165) is 15.3 Å². The highest BCUT2D eigenvalue weighted by atomic mass is 35.5. The van der Waals surface area contributed by atoms with Crippen LogP contribution in [-0.2, 0) is 0 Å². The van der Waals surface area contributed by atoms with Gasteiger partial charge in [0.2, 0.25) is 0 Å². The highest BCUT2D eigenvalue weighted by molar-refractivity contribution is 7.18. The number of nitrogens with zero attached hydrogens (tertiary/aromatic N) is 1. The Hall–Kier alpha value is -1.45. The molecule has 0 aliphatic heterocycles. The molecule has 0 fully saturated rings. The molecule has 0 spiro atoms. The molecule has 0 aliphatic carbocycles. The smallest absolute Gasteiger partial charge is 0.136 e. The van der Waals surface area contributed by atoms with Gasteiger partial charge in [0.1, 0.15) is 5.82 Å². The molecular weight excluding hydrogens is 281 g/mol. The maximum atomic E-state index is 14.5. The molecule has 1 aromatic heterocycles. The molecule has 0 radical (unpaired) electrons. The lowest BCUT2D eigenvalue weighted by molar-refractivity contribution is 0.623. The van der Waals surface area contributed by atoms with Crippen LogP contribution in [0.25, 0.3) is 21.3 Å². The van der Waals surface area contributed by atoms with Crippen molar-refractivity contribution >= 4 is 33.2 Å². The van der Waals surface area contributed by atoms with Crippen molar-refractivity contribution in [3.63, 3.8) is 0 Å². The summed E-state index contributed by atoms with van der Waals surface area (Å²) in [4.78, 5) is 4.46. The quantitative estimate of drug-likeness (QED) is 0.587. The summed E-state index contributed by atoms with van der Waals surface area (Å²) in [6.07, 6.45) is 0. The summed E-state index contributed by atoms with van der Waals surface area (Å²) < 4.78 is 15.5. The number of thiazole rings is 1. The third-order valence-corrected chi connectivity index (χ3v) is 4.18. The molecule has 0 bridgehead atoms. The number of hydrogen-bond donors (Lipinski definition) is 0. The van der Waals surface area contributed by atoms with E-state index < -0.39 is 0 Å². The highest BCUT2D eigenvalue weighted by Gasteiger charge is 2.16. The maximum Gasteiger partial charge on any atom is 0.136 e. The van der Waals surface area contributed by atoms with Crippen LogP contribution in [0.3, 0.4) is 0 Å². The molecule has 96 valence electrons. The first-order valence-electron chi connectivity index (χ1n) is 5.88. The standard InChI is InChI=1S/C15H11ClFNS/c1-8-6-12-15(18-9(2)19-12)13(14(8)17)10-4-3-5-11(16)7-10/h3-7H,1-2H3. The van der Waals surface area contributed by atoms with E-state index in [1.807, 2.05) is 25.1 Å². The van der Waals surface area contributed by atoms with Gasteiger partial charge in [0, 0.05) is 10.6 Å². The van der Waals surface area contributed by atoms with Gasteiger partial charge in [-0.05, 0) is 43.2 Å². The van der Waals surface area contributed by atoms with Gasteiger partial charge in [-0.25, -0.2) is 9.37 Å². The maximum absolute atomic E-state index is 14.5. The van der Waals surface area contributed by atoms with Crippen molar-refractivity contribution < 1.29 is 4.39 Å². The largest absolute Gasteiger partial charge is 0.241 e. The number of halogens is 2. The van der Waals surface area contributed by atoms with Gasteiger partial charge in [0.05, 0.1) is 15.2 Å². The Labute approximate surface area is 119 Å². The van der Waals surface area contributed by atoms with Crippen LogP contribution < -0.4 is 0 Å². The Morgan fingerprint density at radius 1 is 1.21 bits per heavy atom. The molecule has 0 N–H and O–H groups in total. The SMILES string of the molecule is Cc1nc2c(-c3cccc(Cl)c3)c(F)c(C)cc2s1. The molecule has 19 heavy (non-hydrogen) atoms. The number of hydrogen-bond acceptors (Lipinski definition) is 2. The van der Waals surface area contributed by atoms with Gasteiger partial charge in [-0.15, -0.1) is 11.3 Å². The number of aryl methyl sites for hydroxylation is 2. The van der Waals surface area contributed by atoms with E-state index in [1.165, 1.54) is 0 Å². The molecule has 0 unspecified atom stereocenters. The molecule has 4 heteroatoms. The predicted molar refractivity (Wildman–Crippen MR) is 79.5 cm³/mol. The molecule has 0 atom stereocenters. The normalized spacial score (nSPS) is 11.2. The van der Waals surface area contributed by atoms with Crippen molar-refractivity contribution in [2.24, 2.45) is 0 Å². The molecular formula is C15H11ClFNS. The van der Waals surface area contributed by atoms with E-state index in [1.54, 1.807) is 30.4 Å². The Kier molecular flexibility index (Phi) is 3.03. The van der Waals surface area contributed by atoms with Gasteiger partial charge in [0.25, 0.3) is 0 Å². The molecule has 3 aromatic rings. The topological polar surface area (TPSA) is 12.9 Å². The van der Waals surface area contributed by atoms with E-state index in [4.69, 9.17) is 11.6 Å². The highest BCUT2D eigenvalue weighted by Crippen LogP contribution is 2.36. The van der Waals surface area contributed by atoms with Crippen LogP contribution in [0.2, 0.25) is 5.02 Å². The van der Waals surface area contributed by atoms with E-state index in [0.29, 0.717) is 21.7 Å². The average Bonchev–Trinajstić information content (AvgIpc) is 2.70. The fourth-order valence-corrected chi connectivity index (χ4v) is 3.31. The Bertz CT molecular complexity index is 779. The Morgan fingerprint density at radius 3 is 2.74 bits per heavy atom. The van der Waals surface area contributed by atoms with Crippen LogP contribution in [0.5, 0.6) is 0 Å². The molecule has 3 rings (SSSR count). The lowest BCUT2D eigenvalue weighted by Crippen LogP contribution is -1.91. The zero-order valence-electron chi connectivity index (χ0n) is 10.5. The van der Waals surface area contributed by atoms with Gasteiger partial charge in [-0.2, -0.15) is 0 Å². The second-order valence-corrected chi connectivity index (χ2v) is 6.14.